The average molecular weight is 423 g/mol. The minimum absolute atomic E-state index is 0.150. The molecular formula is C19H26N4O3S2. The van der Waals surface area contributed by atoms with Crippen molar-refractivity contribution in [1.82, 2.24) is 19.1 Å². The van der Waals surface area contributed by atoms with Crippen molar-refractivity contribution < 1.29 is 13.2 Å². The molecule has 1 aromatic carbocycles. The van der Waals surface area contributed by atoms with E-state index in [1.165, 1.54) is 7.05 Å². The molecule has 0 unspecified atom stereocenters. The van der Waals surface area contributed by atoms with Gasteiger partial charge in [0.2, 0.25) is 15.9 Å². The lowest BCUT2D eigenvalue weighted by Gasteiger charge is -2.24. The van der Waals surface area contributed by atoms with E-state index in [2.05, 4.69) is 15.3 Å². The highest BCUT2D eigenvalue weighted by atomic mass is 32.2. The molecule has 1 amide bonds. The average Bonchev–Trinajstić information content (AvgIpc) is 2.94. The van der Waals surface area contributed by atoms with Crippen LogP contribution in [0.2, 0.25) is 0 Å². The molecule has 2 heterocycles. The van der Waals surface area contributed by atoms with Crippen LogP contribution in [0.15, 0.2) is 40.6 Å². The number of amides is 1. The van der Waals surface area contributed by atoms with Crippen molar-refractivity contribution in [2.24, 2.45) is 0 Å². The number of nitrogens with zero attached hydrogens (tertiary/aromatic N) is 4. The van der Waals surface area contributed by atoms with Gasteiger partial charge in [-0.2, -0.15) is 4.31 Å². The molecule has 2 aromatic rings. The number of hydrogen-bond donors (Lipinski definition) is 0. The molecule has 1 aromatic heterocycles. The maximum absolute atomic E-state index is 12.7. The van der Waals surface area contributed by atoms with E-state index in [-0.39, 0.29) is 17.3 Å². The fraction of sp³-hybridized carbons (Fsp3) is 0.474. The number of sulfonamides is 1. The van der Waals surface area contributed by atoms with Crippen molar-refractivity contribution in [3.8, 4) is 0 Å². The first-order chi connectivity index (χ1) is 13.4. The predicted octanol–water partition coefficient (Wildman–Crippen LogP) is 1.81. The smallest absolute Gasteiger partial charge is 0.243 e. The molecule has 1 fully saturated rings. The van der Waals surface area contributed by atoms with Crippen LogP contribution in [0.1, 0.15) is 17.1 Å². The van der Waals surface area contributed by atoms with Crippen LogP contribution in [0, 0.1) is 6.92 Å². The van der Waals surface area contributed by atoms with Crippen LogP contribution in [0.4, 0.5) is 0 Å². The van der Waals surface area contributed by atoms with Gasteiger partial charge in [-0.3, -0.25) is 9.69 Å². The molecule has 0 saturated carbocycles. The van der Waals surface area contributed by atoms with Gasteiger partial charge in [-0.1, -0.05) is 18.2 Å². The van der Waals surface area contributed by atoms with Crippen LogP contribution in [-0.2, 0) is 21.4 Å². The summed E-state index contributed by atoms with van der Waals surface area (Å²) in [6.07, 6.45) is 0.865. The molecule has 1 saturated heterocycles. The predicted molar refractivity (Wildman–Crippen MR) is 110 cm³/mol. The maximum atomic E-state index is 12.7. The Morgan fingerprint density at radius 3 is 2.61 bits per heavy atom. The van der Waals surface area contributed by atoms with Gasteiger partial charge in [0.15, 0.2) is 0 Å². The summed E-state index contributed by atoms with van der Waals surface area (Å²) in [4.78, 5) is 21.5. The fourth-order valence-electron chi connectivity index (χ4n) is 3.24. The molecule has 0 bridgehead atoms. The topological polar surface area (TPSA) is 73.8 Å². The molecule has 7 nitrogen and oxygen atoms in total. The van der Waals surface area contributed by atoms with Crippen molar-refractivity contribution in [3.63, 3.8) is 0 Å². The third-order valence-corrected chi connectivity index (χ3v) is 7.44. The van der Waals surface area contributed by atoms with Crippen LogP contribution in [0.5, 0.6) is 0 Å². The van der Waals surface area contributed by atoms with E-state index in [9.17, 15) is 13.2 Å². The second-order valence-corrected chi connectivity index (χ2v) is 10.0. The zero-order valence-corrected chi connectivity index (χ0v) is 17.9. The zero-order valence-electron chi connectivity index (χ0n) is 16.2. The first kappa shape index (κ1) is 20.9. The summed E-state index contributed by atoms with van der Waals surface area (Å²) in [5.41, 5.74) is 1.07. The summed E-state index contributed by atoms with van der Waals surface area (Å²) in [5, 5.41) is 3.14. The van der Waals surface area contributed by atoms with Gasteiger partial charge in [-0.05, 0) is 25.5 Å². The maximum Gasteiger partial charge on any atom is 0.243 e. The lowest BCUT2D eigenvalue weighted by molar-refractivity contribution is -0.131. The second-order valence-electron chi connectivity index (χ2n) is 6.94. The van der Waals surface area contributed by atoms with Gasteiger partial charge < -0.3 is 4.90 Å². The van der Waals surface area contributed by atoms with Gasteiger partial charge >= 0.3 is 0 Å². The highest BCUT2D eigenvalue weighted by Gasteiger charge is 2.26. The molecule has 9 heteroatoms. The molecule has 0 atom stereocenters. The zero-order chi connectivity index (χ0) is 20.1. The second kappa shape index (κ2) is 9.13. The van der Waals surface area contributed by atoms with Gasteiger partial charge in [0.05, 0.1) is 22.1 Å². The minimum atomic E-state index is -3.66. The van der Waals surface area contributed by atoms with E-state index in [1.54, 1.807) is 46.6 Å². The lowest BCUT2D eigenvalue weighted by Crippen LogP contribution is -2.42. The Morgan fingerprint density at radius 1 is 1.18 bits per heavy atom. The molecule has 1 aliphatic rings. The van der Waals surface area contributed by atoms with E-state index < -0.39 is 10.0 Å². The van der Waals surface area contributed by atoms with Gasteiger partial charge in [-0.15, -0.1) is 11.3 Å². The minimum Gasteiger partial charge on any atom is -0.340 e. The summed E-state index contributed by atoms with van der Waals surface area (Å²) < 4.78 is 26.4. The third-order valence-electron chi connectivity index (χ3n) is 4.80. The summed E-state index contributed by atoms with van der Waals surface area (Å²) >= 11 is 1.65. The molecule has 0 radical (unpaired) electrons. The number of likely N-dealkylation sites (N-methyl/N-ethyl adjacent to an activating group) is 1. The molecule has 0 aliphatic carbocycles. The van der Waals surface area contributed by atoms with E-state index >= 15 is 0 Å². The first-order valence-corrected chi connectivity index (χ1v) is 11.6. The van der Waals surface area contributed by atoms with Crippen molar-refractivity contribution in [1.29, 1.82) is 0 Å². The summed E-state index contributed by atoms with van der Waals surface area (Å²) in [6, 6.07) is 8.20. The van der Waals surface area contributed by atoms with Crippen LogP contribution in [-0.4, -0.2) is 73.2 Å². The Kier molecular flexibility index (Phi) is 6.82. The van der Waals surface area contributed by atoms with Crippen LogP contribution in [0.3, 0.4) is 0 Å². The van der Waals surface area contributed by atoms with Crippen LogP contribution < -0.4 is 0 Å². The number of thiazole rings is 1. The summed E-state index contributed by atoms with van der Waals surface area (Å²) in [6.45, 7) is 5.54. The summed E-state index contributed by atoms with van der Waals surface area (Å²) in [5.74, 6) is -0.159. The number of rotatable bonds is 6. The number of carbonyl (C=O) groups excluding carboxylic acids is 1. The molecule has 0 spiro atoms. The van der Waals surface area contributed by atoms with Gasteiger partial charge in [0, 0.05) is 45.2 Å². The van der Waals surface area contributed by atoms with Crippen LogP contribution >= 0.6 is 11.3 Å². The summed E-state index contributed by atoms with van der Waals surface area (Å²) in [7, 11) is -2.21. The lowest BCUT2D eigenvalue weighted by atomic mass is 10.3. The van der Waals surface area contributed by atoms with Gasteiger partial charge in [0.1, 0.15) is 0 Å². The Hall–Kier alpha value is -1.81. The monoisotopic (exact) mass is 422 g/mol. The van der Waals surface area contributed by atoms with Crippen LogP contribution in [0.25, 0.3) is 0 Å². The van der Waals surface area contributed by atoms with E-state index in [1.807, 2.05) is 6.92 Å². The molecule has 1 aliphatic heterocycles. The largest absolute Gasteiger partial charge is 0.340 e. The first-order valence-electron chi connectivity index (χ1n) is 9.29. The number of benzene rings is 1. The van der Waals surface area contributed by atoms with Gasteiger partial charge in [-0.25, -0.2) is 13.4 Å². The van der Waals surface area contributed by atoms with E-state index in [4.69, 9.17) is 0 Å². The normalized spacial score (nSPS) is 16.3. The van der Waals surface area contributed by atoms with Gasteiger partial charge in [0.25, 0.3) is 0 Å². The van der Waals surface area contributed by atoms with E-state index in [0.29, 0.717) is 13.1 Å². The number of carbonyl (C=O) groups is 1. The number of aromatic nitrogens is 1. The Bertz CT molecular complexity index is 899. The van der Waals surface area contributed by atoms with Crippen molar-refractivity contribution in [2.45, 2.75) is 24.8 Å². The highest BCUT2D eigenvalue weighted by Crippen LogP contribution is 2.15. The standard InChI is InChI=1S/C19H26N4O3S2/c1-16-20-17(15-27-16)13-22-9-6-10-23(12-11-22)19(24)14-21(2)28(25,26)18-7-4-3-5-8-18/h3-5,7-8,15H,6,9-14H2,1-2H3. The Morgan fingerprint density at radius 2 is 1.93 bits per heavy atom. The number of aryl methyl sites for hydroxylation is 1. The van der Waals surface area contributed by atoms with E-state index in [0.717, 1.165) is 41.1 Å². The van der Waals surface area contributed by atoms with Crippen molar-refractivity contribution >= 4 is 27.3 Å². The molecule has 152 valence electrons. The molecular weight excluding hydrogens is 396 g/mol. The van der Waals surface area contributed by atoms with Crippen molar-refractivity contribution in [2.75, 3.05) is 39.8 Å². The molecule has 3 rings (SSSR count). The quantitative estimate of drug-likeness (QED) is 0.710. The highest BCUT2D eigenvalue weighted by molar-refractivity contribution is 7.89. The number of hydrogen-bond acceptors (Lipinski definition) is 6. The Balaban J connectivity index is 1.56. The molecule has 28 heavy (non-hydrogen) atoms. The SMILES string of the molecule is Cc1nc(CN2CCCN(C(=O)CN(C)S(=O)(=O)c3ccccc3)CC2)cs1. The Labute approximate surface area is 170 Å². The third kappa shape index (κ3) is 5.16. The fourth-order valence-corrected chi connectivity index (χ4v) is 4.98. The van der Waals surface area contributed by atoms with Crippen molar-refractivity contribution in [3.05, 3.63) is 46.4 Å². The molecule has 0 N–H and O–H groups in total.